The first-order valence-corrected chi connectivity index (χ1v) is 5.11. The zero-order valence-corrected chi connectivity index (χ0v) is 9.42. The Hall–Kier alpha value is -1.62. The van der Waals surface area contributed by atoms with Gasteiger partial charge in [0, 0.05) is 12.7 Å². The molecule has 1 aromatic heterocycles. The lowest BCUT2D eigenvalue weighted by Crippen LogP contribution is -2.33. The minimum absolute atomic E-state index is 0.0927. The van der Waals surface area contributed by atoms with E-state index in [4.69, 9.17) is 10.2 Å². The van der Waals surface area contributed by atoms with Crippen LogP contribution in [0.1, 0.15) is 19.4 Å². The Bertz CT molecular complexity index is 349. The van der Waals surface area contributed by atoms with Gasteiger partial charge >= 0.3 is 6.09 Å². The second-order valence-corrected chi connectivity index (χ2v) is 3.97. The van der Waals surface area contributed by atoms with Crippen LogP contribution in [-0.4, -0.2) is 27.8 Å². The highest BCUT2D eigenvalue weighted by atomic mass is 16.4. The van der Waals surface area contributed by atoms with Crippen LogP contribution in [0.4, 0.5) is 10.6 Å². The molecule has 2 N–H and O–H groups in total. The van der Waals surface area contributed by atoms with Crippen molar-refractivity contribution in [3.05, 3.63) is 23.9 Å². The standard InChI is InChI=1S/C11H16N2O3/c1-8(2)6-13(11(15)16)10-4-3-9(7-14)5-12-10/h3-5,8,14H,6-7H2,1-2H3,(H,15,16). The Balaban J connectivity index is 2.88. The third-order valence-corrected chi connectivity index (χ3v) is 2.05. The van der Waals surface area contributed by atoms with Crippen molar-refractivity contribution in [1.29, 1.82) is 0 Å². The van der Waals surface area contributed by atoms with Crippen LogP contribution >= 0.6 is 0 Å². The van der Waals surface area contributed by atoms with Gasteiger partial charge in [-0.25, -0.2) is 9.78 Å². The minimum atomic E-state index is -1.02. The largest absolute Gasteiger partial charge is 0.465 e. The maximum Gasteiger partial charge on any atom is 0.413 e. The lowest BCUT2D eigenvalue weighted by Gasteiger charge is -2.20. The highest BCUT2D eigenvalue weighted by molar-refractivity contribution is 5.84. The van der Waals surface area contributed by atoms with Crippen LogP contribution in [0.2, 0.25) is 0 Å². The summed E-state index contributed by atoms with van der Waals surface area (Å²) in [5.74, 6) is 0.619. The Morgan fingerprint density at radius 3 is 2.56 bits per heavy atom. The van der Waals surface area contributed by atoms with Crippen molar-refractivity contribution in [3.8, 4) is 0 Å². The predicted molar refractivity (Wildman–Crippen MR) is 60.4 cm³/mol. The van der Waals surface area contributed by atoms with Crippen LogP contribution in [0.3, 0.4) is 0 Å². The topological polar surface area (TPSA) is 73.7 Å². The van der Waals surface area contributed by atoms with Gasteiger partial charge in [-0.2, -0.15) is 0 Å². The molecule has 16 heavy (non-hydrogen) atoms. The molecule has 0 saturated carbocycles. The number of nitrogens with zero attached hydrogens (tertiary/aromatic N) is 2. The second-order valence-electron chi connectivity index (χ2n) is 3.97. The second kappa shape index (κ2) is 5.46. The number of pyridine rings is 1. The van der Waals surface area contributed by atoms with Crippen molar-refractivity contribution in [1.82, 2.24) is 4.98 Å². The van der Waals surface area contributed by atoms with Gasteiger partial charge in [0.1, 0.15) is 5.82 Å². The fourth-order valence-corrected chi connectivity index (χ4v) is 1.30. The number of aromatic nitrogens is 1. The van der Waals surface area contributed by atoms with E-state index in [1.165, 1.54) is 11.1 Å². The molecule has 0 bridgehead atoms. The number of hydrogen-bond acceptors (Lipinski definition) is 3. The van der Waals surface area contributed by atoms with E-state index in [2.05, 4.69) is 4.98 Å². The summed E-state index contributed by atoms with van der Waals surface area (Å²) in [6.07, 6.45) is 0.462. The lowest BCUT2D eigenvalue weighted by atomic mass is 10.2. The molecule has 0 unspecified atom stereocenters. The maximum absolute atomic E-state index is 11.0. The van der Waals surface area contributed by atoms with E-state index in [0.29, 0.717) is 17.9 Å². The average molecular weight is 224 g/mol. The number of carbonyl (C=O) groups is 1. The van der Waals surface area contributed by atoms with E-state index < -0.39 is 6.09 Å². The molecule has 0 fully saturated rings. The van der Waals surface area contributed by atoms with Crippen LogP contribution in [0.5, 0.6) is 0 Å². The van der Waals surface area contributed by atoms with Crippen LogP contribution in [0.15, 0.2) is 18.3 Å². The van der Waals surface area contributed by atoms with E-state index in [1.807, 2.05) is 13.8 Å². The summed E-state index contributed by atoms with van der Waals surface area (Å²) in [5.41, 5.74) is 0.665. The van der Waals surface area contributed by atoms with Gasteiger partial charge in [0.2, 0.25) is 0 Å². The molecular formula is C11H16N2O3. The zero-order chi connectivity index (χ0) is 12.1. The van der Waals surface area contributed by atoms with Gasteiger partial charge in [-0.15, -0.1) is 0 Å². The van der Waals surface area contributed by atoms with Crippen molar-refractivity contribution in [2.24, 2.45) is 5.92 Å². The third kappa shape index (κ3) is 3.20. The minimum Gasteiger partial charge on any atom is -0.465 e. The summed E-state index contributed by atoms with van der Waals surface area (Å²) in [4.78, 5) is 16.2. The number of rotatable bonds is 4. The van der Waals surface area contributed by atoms with Gasteiger partial charge in [-0.1, -0.05) is 19.9 Å². The smallest absolute Gasteiger partial charge is 0.413 e. The van der Waals surface area contributed by atoms with E-state index in [-0.39, 0.29) is 12.5 Å². The molecule has 0 atom stereocenters. The molecule has 0 aliphatic carbocycles. The first-order chi connectivity index (χ1) is 7.54. The van der Waals surface area contributed by atoms with Crippen molar-refractivity contribution < 1.29 is 15.0 Å². The van der Waals surface area contributed by atoms with Gasteiger partial charge in [0.15, 0.2) is 0 Å². The molecule has 5 heteroatoms. The highest BCUT2D eigenvalue weighted by Crippen LogP contribution is 2.13. The zero-order valence-electron chi connectivity index (χ0n) is 9.42. The average Bonchev–Trinajstić information content (AvgIpc) is 2.25. The Labute approximate surface area is 94.4 Å². The molecule has 88 valence electrons. The van der Waals surface area contributed by atoms with E-state index in [1.54, 1.807) is 12.1 Å². The summed E-state index contributed by atoms with van der Waals surface area (Å²) in [5, 5.41) is 17.9. The first kappa shape index (κ1) is 12.4. The third-order valence-electron chi connectivity index (χ3n) is 2.05. The highest BCUT2D eigenvalue weighted by Gasteiger charge is 2.16. The van der Waals surface area contributed by atoms with Gasteiger partial charge < -0.3 is 10.2 Å². The molecule has 1 amide bonds. The number of anilines is 1. The predicted octanol–water partition coefficient (Wildman–Crippen LogP) is 1.71. The van der Waals surface area contributed by atoms with Gasteiger partial charge in [0.25, 0.3) is 0 Å². The molecule has 1 aromatic rings. The van der Waals surface area contributed by atoms with Crippen LogP contribution in [0, 0.1) is 5.92 Å². The molecule has 1 heterocycles. The summed E-state index contributed by atoms with van der Waals surface area (Å²) < 4.78 is 0. The molecule has 0 aromatic carbocycles. The number of carboxylic acid groups (broad SMARTS) is 1. The molecular weight excluding hydrogens is 208 g/mol. The summed E-state index contributed by atoms with van der Waals surface area (Å²) in [6, 6.07) is 3.26. The quantitative estimate of drug-likeness (QED) is 0.816. The van der Waals surface area contributed by atoms with Crippen molar-refractivity contribution in [3.63, 3.8) is 0 Å². The summed E-state index contributed by atoms with van der Waals surface area (Å²) in [7, 11) is 0. The Kier molecular flexibility index (Phi) is 4.25. The van der Waals surface area contributed by atoms with Crippen molar-refractivity contribution in [2.75, 3.05) is 11.4 Å². The molecule has 0 aliphatic heterocycles. The lowest BCUT2D eigenvalue weighted by molar-refractivity contribution is 0.200. The van der Waals surface area contributed by atoms with Crippen molar-refractivity contribution in [2.45, 2.75) is 20.5 Å². The van der Waals surface area contributed by atoms with Gasteiger partial charge in [-0.05, 0) is 17.5 Å². The maximum atomic E-state index is 11.0. The number of amides is 1. The molecule has 0 aliphatic rings. The fourth-order valence-electron chi connectivity index (χ4n) is 1.30. The number of aliphatic hydroxyl groups excluding tert-OH is 1. The monoisotopic (exact) mass is 224 g/mol. The fraction of sp³-hybridized carbons (Fsp3) is 0.455. The van der Waals surface area contributed by atoms with Crippen LogP contribution < -0.4 is 4.90 Å². The van der Waals surface area contributed by atoms with E-state index in [0.717, 1.165) is 0 Å². The van der Waals surface area contributed by atoms with Crippen LogP contribution in [-0.2, 0) is 6.61 Å². The van der Waals surface area contributed by atoms with E-state index >= 15 is 0 Å². The molecule has 0 spiro atoms. The molecule has 5 nitrogen and oxygen atoms in total. The van der Waals surface area contributed by atoms with Crippen molar-refractivity contribution >= 4 is 11.9 Å². The SMILES string of the molecule is CC(C)CN(C(=O)O)c1ccc(CO)cn1. The van der Waals surface area contributed by atoms with Gasteiger partial charge in [-0.3, -0.25) is 4.90 Å². The number of hydrogen-bond donors (Lipinski definition) is 2. The normalized spacial score (nSPS) is 10.5. The molecule has 0 radical (unpaired) electrons. The van der Waals surface area contributed by atoms with E-state index in [9.17, 15) is 4.79 Å². The molecule has 1 rings (SSSR count). The Morgan fingerprint density at radius 1 is 1.50 bits per heavy atom. The Morgan fingerprint density at radius 2 is 2.19 bits per heavy atom. The van der Waals surface area contributed by atoms with Crippen LogP contribution in [0.25, 0.3) is 0 Å². The molecule has 0 saturated heterocycles. The first-order valence-electron chi connectivity index (χ1n) is 5.11. The van der Waals surface area contributed by atoms with Gasteiger partial charge in [0.05, 0.1) is 6.61 Å². The number of aliphatic hydroxyl groups is 1. The summed E-state index contributed by atoms with van der Waals surface area (Å²) in [6.45, 7) is 4.20. The summed E-state index contributed by atoms with van der Waals surface area (Å²) >= 11 is 0.